The van der Waals surface area contributed by atoms with E-state index in [1.807, 2.05) is 4.90 Å². The van der Waals surface area contributed by atoms with Crippen LogP contribution in [-0.4, -0.2) is 237 Å². The van der Waals surface area contributed by atoms with E-state index in [1.54, 1.807) is 18.2 Å². The Morgan fingerprint density at radius 2 is 0.969 bits per heavy atom. The fraction of sp³-hybridized carbons (Fsp3) is 0.581. The molecule has 0 unspecified atom stereocenters. The van der Waals surface area contributed by atoms with Gasteiger partial charge in [-0.25, -0.2) is 0 Å². The van der Waals surface area contributed by atoms with Crippen molar-refractivity contribution >= 4 is 24.4 Å². The number of pyridine rings is 2. The molecule has 0 radical (unpaired) electrons. The van der Waals surface area contributed by atoms with E-state index >= 15 is 0 Å². The van der Waals surface area contributed by atoms with Gasteiger partial charge in [0.05, 0.1) is 64.8 Å². The van der Waals surface area contributed by atoms with Crippen LogP contribution in [-0.2, 0) is 17.9 Å². The number of allylic oxidation sites excluding steroid dienone is 2. The lowest BCUT2D eigenvalue weighted by atomic mass is 10.0. The Hall–Kier alpha value is -4.66. The number of aliphatic imine (C=N–C) groups is 1. The van der Waals surface area contributed by atoms with Crippen LogP contribution in [0.2, 0.25) is 0 Å². The summed E-state index contributed by atoms with van der Waals surface area (Å²) >= 11 is 0. The van der Waals surface area contributed by atoms with Crippen molar-refractivity contribution in [2.24, 2.45) is 4.99 Å². The smallest absolute Gasteiger partial charge is 0.255 e. The Kier molecular flexibility index (Phi) is 24.7. The first-order chi connectivity index (χ1) is 30.7. The maximum absolute atomic E-state index is 13.2. The Balaban J connectivity index is 2.34. The zero-order valence-corrected chi connectivity index (χ0v) is 37.2. The van der Waals surface area contributed by atoms with Crippen molar-refractivity contribution in [2.45, 2.75) is 94.2 Å². The number of rotatable bonds is 29. The number of nitrogens with zero attached hydrogens (tertiary/aromatic N) is 7. The molecule has 65 heavy (non-hydrogen) atoms. The number of carbonyl (C=O) groups is 3. The van der Waals surface area contributed by atoms with Crippen LogP contribution >= 0.6 is 0 Å². The number of amides is 3. The average Bonchev–Trinajstić information content (AvgIpc) is 3.28. The quantitative estimate of drug-likeness (QED) is 0.0210. The molecule has 9 atom stereocenters. The number of aromatic nitrogens is 2. The van der Waals surface area contributed by atoms with E-state index in [0.29, 0.717) is 17.1 Å². The van der Waals surface area contributed by atoms with Crippen molar-refractivity contribution in [3.63, 3.8) is 0 Å². The van der Waals surface area contributed by atoms with Gasteiger partial charge < -0.3 is 76.0 Å². The predicted molar refractivity (Wildman–Crippen MR) is 235 cm³/mol. The van der Waals surface area contributed by atoms with Crippen LogP contribution < -0.4 is 0 Å². The molecule has 0 aromatic carbocycles. The normalized spacial score (nSPS) is 16.4. The summed E-state index contributed by atoms with van der Waals surface area (Å²) in [7, 11) is 4.20. The molecule has 2 aromatic rings. The molecule has 0 aliphatic heterocycles. The van der Waals surface area contributed by atoms with Crippen molar-refractivity contribution in [1.82, 2.24) is 29.6 Å². The largest absolute Gasteiger partial charge is 0.396 e. The van der Waals surface area contributed by atoms with Crippen LogP contribution in [0.5, 0.6) is 0 Å². The number of aliphatic hydroxyl groups is 12. The average molecular weight is 922 g/mol. The summed E-state index contributed by atoms with van der Waals surface area (Å²) in [6, 6.07) is 6.23. The summed E-state index contributed by atoms with van der Waals surface area (Å²) in [5.41, 5.74) is 1.90. The van der Waals surface area contributed by atoms with Crippen molar-refractivity contribution in [2.75, 3.05) is 67.1 Å². The highest BCUT2D eigenvalue weighted by atomic mass is 16.4. The van der Waals surface area contributed by atoms with E-state index in [2.05, 4.69) is 21.7 Å². The summed E-state index contributed by atoms with van der Waals surface area (Å²) in [4.78, 5) is 57.8. The van der Waals surface area contributed by atoms with Gasteiger partial charge in [-0.2, -0.15) is 0 Å². The minimum absolute atomic E-state index is 0.103. The zero-order valence-electron chi connectivity index (χ0n) is 37.2. The molecule has 0 bridgehead atoms. The minimum atomic E-state index is -1.60. The third kappa shape index (κ3) is 18.3. The molecular weight excluding hydrogens is 855 g/mol. The van der Waals surface area contributed by atoms with Gasteiger partial charge in [0.15, 0.2) is 0 Å². The van der Waals surface area contributed by atoms with Gasteiger partial charge in [0.2, 0.25) is 5.91 Å². The van der Waals surface area contributed by atoms with Crippen molar-refractivity contribution in [1.29, 1.82) is 0 Å². The maximum Gasteiger partial charge on any atom is 0.255 e. The topological polar surface area (TPSA) is 345 Å². The second-order valence-electron chi connectivity index (χ2n) is 15.9. The Morgan fingerprint density at radius 1 is 0.600 bits per heavy atom. The summed E-state index contributed by atoms with van der Waals surface area (Å²) in [5, 5.41) is 118. The molecule has 2 heterocycles. The van der Waals surface area contributed by atoms with E-state index in [4.69, 9.17) is 15.3 Å². The van der Waals surface area contributed by atoms with Crippen LogP contribution in [0, 0.1) is 0 Å². The first kappa shape index (κ1) is 56.5. The first-order valence-corrected chi connectivity index (χ1v) is 20.9. The molecule has 0 aliphatic carbocycles. The minimum Gasteiger partial charge on any atom is -0.396 e. The number of carbonyl (C=O) groups excluding carboxylic acids is 3. The highest BCUT2D eigenvalue weighted by molar-refractivity contribution is 5.94. The number of likely N-dealkylation sites (N-methyl/N-ethyl adjacent to an activating group) is 3. The van der Waals surface area contributed by atoms with Gasteiger partial charge in [-0.1, -0.05) is 6.08 Å². The third-order valence-corrected chi connectivity index (χ3v) is 10.4. The van der Waals surface area contributed by atoms with Crippen molar-refractivity contribution in [3.05, 3.63) is 82.6 Å². The predicted octanol–water partition coefficient (Wildman–Crippen LogP) is -3.99. The number of hydrogen-bond acceptors (Lipinski definition) is 19. The second kappa shape index (κ2) is 28.4. The van der Waals surface area contributed by atoms with Crippen LogP contribution in [0.3, 0.4) is 0 Å². The standard InChI is InChI=1S/C43H67N7O15/c1-26(41(63)47(3)23-35(57)38(60)32(54)12-15-51)6-9-29(44-2)20-50(21-30-10-7-27(18-45-30)42(64)48(4)24-36(58)39(61)33(55)13-16-52)22-31-11-8-28(19-46-31)43(65)49(5)25-37(59)40(62)34(56)14-17-53/h6-11,18-19,32-40,51-62H,2,12-17,20-25H2,1,3-5H3/b26-6+,29-9-/t32-,33-,34-,35+,36+,37+,38+,39+,40+/m1/s1. The SMILES string of the molecule is C=N/C(=C\C=C(/C)C(=O)N(C)C[C@H](O)[C@@H](O)[C@H](O)CCO)CN(Cc1ccc(C(=O)N(C)C[C@H](O)[C@@H](O)[C@H](O)CCO)cn1)Cc1ccc(C(=O)N(C)C[C@H](O)[C@@H](O)[C@H](O)CCO)cn1. The molecule has 0 spiro atoms. The lowest BCUT2D eigenvalue weighted by Gasteiger charge is -2.27. The molecule has 0 saturated heterocycles. The molecule has 2 aromatic heterocycles. The zero-order chi connectivity index (χ0) is 49.0. The molecule has 0 aliphatic rings. The summed E-state index contributed by atoms with van der Waals surface area (Å²) < 4.78 is 0. The lowest BCUT2D eigenvalue weighted by molar-refractivity contribution is -0.129. The molecule has 12 N–H and O–H groups in total. The van der Waals surface area contributed by atoms with Gasteiger partial charge >= 0.3 is 0 Å². The maximum atomic E-state index is 13.2. The van der Waals surface area contributed by atoms with Gasteiger partial charge in [-0.3, -0.25) is 34.2 Å². The molecule has 22 heteroatoms. The fourth-order valence-electron chi connectivity index (χ4n) is 6.43. The molecule has 0 fully saturated rings. The Labute approximate surface area is 378 Å². The van der Waals surface area contributed by atoms with Crippen LogP contribution in [0.25, 0.3) is 0 Å². The van der Waals surface area contributed by atoms with E-state index in [-0.39, 0.29) is 75.2 Å². The van der Waals surface area contributed by atoms with Crippen molar-refractivity contribution in [3.8, 4) is 0 Å². The first-order valence-electron chi connectivity index (χ1n) is 20.9. The van der Waals surface area contributed by atoms with Crippen molar-refractivity contribution < 1.29 is 75.7 Å². The highest BCUT2D eigenvalue weighted by Gasteiger charge is 2.29. The Morgan fingerprint density at radius 3 is 1.29 bits per heavy atom. The summed E-state index contributed by atoms with van der Waals surface area (Å²) in [6.45, 7) is 3.39. The van der Waals surface area contributed by atoms with Gasteiger partial charge in [-0.15, -0.1) is 0 Å². The number of aliphatic hydroxyl groups excluding tert-OH is 12. The molecule has 22 nitrogen and oxygen atoms in total. The molecule has 2 rings (SSSR count). The fourth-order valence-corrected chi connectivity index (χ4v) is 6.43. The molecule has 3 amide bonds. The summed E-state index contributed by atoms with van der Waals surface area (Å²) in [5.74, 6) is -1.58. The molecule has 0 saturated carbocycles. The summed E-state index contributed by atoms with van der Waals surface area (Å²) in [6.07, 6.45) is -8.27. The highest BCUT2D eigenvalue weighted by Crippen LogP contribution is 2.16. The van der Waals surface area contributed by atoms with E-state index in [1.165, 1.54) is 58.7 Å². The monoisotopic (exact) mass is 921 g/mol. The lowest BCUT2D eigenvalue weighted by Crippen LogP contribution is -2.45. The van der Waals surface area contributed by atoms with Gasteiger partial charge in [0.25, 0.3) is 11.8 Å². The van der Waals surface area contributed by atoms with Gasteiger partial charge in [0, 0.05) is 98.2 Å². The van der Waals surface area contributed by atoms with Crippen LogP contribution in [0.15, 0.2) is 65.1 Å². The Bertz CT molecular complexity index is 1750. The van der Waals surface area contributed by atoms with Crippen LogP contribution in [0.4, 0.5) is 0 Å². The molecular formula is C43H67N7O15. The van der Waals surface area contributed by atoms with E-state index < -0.39 is 92.5 Å². The van der Waals surface area contributed by atoms with Gasteiger partial charge in [0.1, 0.15) is 18.3 Å². The van der Waals surface area contributed by atoms with E-state index in [9.17, 15) is 60.3 Å². The van der Waals surface area contributed by atoms with E-state index in [0.717, 1.165) is 14.7 Å². The third-order valence-electron chi connectivity index (χ3n) is 10.4. The number of hydrogen-bond donors (Lipinski definition) is 12. The van der Waals surface area contributed by atoms with Crippen LogP contribution in [0.1, 0.15) is 58.3 Å². The second-order valence-corrected chi connectivity index (χ2v) is 15.9. The molecule has 364 valence electrons. The van der Waals surface area contributed by atoms with Gasteiger partial charge in [-0.05, 0) is 63.2 Å².